The van der Waals surface area contributed by atoms with Crippen LogP contribution in [0.3, 0.4) is 0 Å². The first-order valence-corrected chi connectivity index (χ1v) is 9.26. The molecular formula is C18H24ClN3O2. The highest BCUT2D eigenvalue weighted by Crippen LogP contribution is 2.34. The second-order valence-electron chi connectivity index (χ2n) is 6.84. The van der Waals surface area contributed by atoms with Crippen molar-refractivity contribution in [1.82, 2.24) is 15.1 Å². The van der Waals surface area contributed by atoms with E-state index in [4.69, 9.17) is 16.3 Å². The summed E-state index contributed by atoms with van der Waals surface area (Å²) in [5, 5.41) is 4.38. The van der Waals surface area contributed by atoms with Gasteiger partial charge in [0.15, 0.2) is 0 Å². The minimum Gasteiger partial charge on any atom is -0.378 e. The topological polar surface area (TPSA) is 44.8 Å². The van der Waals surface area contributed by atoms with E-state index in [2.05, 4.69) is 17.4 Å². The van der Waals surface area contributed by atoms with E-state index in [9.17, 15) is 4.79 Å². The van der Waals surface area contributed by atoms with E-state index in [1.807, 2.05) is 9.80 Å². The molecule has 3 aliphatic heterocycles. The summed E-state index contributed by atoms with van der Waals surface area (Å²) in [5.74, 6) is 0. The van der Waals surface area contributed by atoms with Crippen molar-refractivity contribution in [2.45, 2.75) is 31.8 Å². The summed E-state index contributed by atoms with van der Waals surface area (Å²) >= 11 is 6.35. The number of hydrogen-bond donors (Lipinski definition) is 1. The number of carbonyl (C=O) groups excluding carboxylic acids is 1. The van der Waals surface area contributed by atoms with Crippen LogP contribution in [0.15, 0.2) is 12.1 Å². The van der Waals surface area contributed by atoms with Crippen LogP contribution in [0.5, 0.6) is 0 Å². The van der Waals surface area contributed by atoms with Crippen LogP contribution in [0.1, 0.15) is 35.6 Å². The largest absolute Gasteiger partial charge is 0.378 e. The number of ether oxygens (including phenoxy) is 1. The Hall–Kier alpha value is -1.30. The van der Waals surface area contributed by atoms with Gasteiger partial charge in [-0.15, -0.1) is 0 Å². The zero-order valence-electron chi connectivity index (χ0n) is 13.9. The van der Waals surface area contributed by atoms with Crippen molar-refractivity contribution in [3.63, 3.8) is 0 Å². The van der Waals surface area contributed by atoms with Gasteiger partial charge in [-0.2, -0.15) is 0 Å². The number of carbonyl (C=O) groups is 1. The van der Waals surface area contributed by atoms with Gasteiger partial charge in [0.1, 0.15) is 0 Å². The summed E-state index contributed by atoms with van der Waals surface area (Å²) in [5.41, 5.74) is 3.89. The lowest BCUT2D eigenvalue weighted by Crippen LogP contribution is -2.49. The molecule has 5 nitrogen and oxygen atoms in total. The summed E-state index contributed by atoms with van der Waals surface area (Å²) in [6.45, 7) is 5.19. The molecule has 0 saturated carbocycles. The first-order valence-electron chi connectivity index (χ1n) is 8.88. The van der Waals surface area contributed by atoms with E-state index in [1.54, 1.807) is 0 Å². The third-order valence-electron chi connectivity index (χ3n) is 5.33. The van der Waals surface area contributed by atoms with Crippen molar-refractivity contribution in [2.75, 3.05) is 39.4 Å². The van der Waals surface area contributed by atoms with Gasteiger partial charge in [0.25, 0.3) is 0 Å². The number of fused-ring (bicyclic) bond motifs is 1. The fraction of sp³-hybridized carbons (Fsp3) is 0.611. The monoisotopic (exact) mass is 349 g/mol. The molecule has 1 aromatic carbocycles. The zero-order chi connectivity index (χ0) is 16.5. The molecule has 0 radical (unpaired) electrons. The number of benzene rings is 1. The van der Waals surface area contributed by atoms with E-state index in [0.717, 1.165) is 31.0 Å². The average molecular weight is 350 g/mol. The number of rotatable bonds is 1. The predicted molar refractivity (Wildman–Crippen MR) is 93.3 cm³/mol. The van der Waals surface area contributed by atoms with Gasteiger partial charge in [-0.1, -0.05) is 11.6 Å². The van der Waals surface area contributed by atoms with Crippen LogP contribution >= 0.6 is 11.6 Å². The second kappa shape index (κ2) is 6.90. The molecule has 0 aromatic heterocycles. The van der Waals surface area contributed by atoms with Crippen LogP contribution in [0.25, 0.3) is 0 Å². The van der Waals surface area contributed by atoms with Crippen molar-refractivity contribution in [2.24, 2.45) is 0 Å². The first kappa shape index (κ1) is 16.2. The minimum absolute atomic E-state index is 0.143. The Kier molecular flexibility index (Phi) is 4.66. The van der Waals surface area contributed by atoms with Crippen molar-refractivity contribution in [3.05, 3.63) is 33.8 Å². The van der Waals surface area contributed by atoms with Crippen LogP contribution in [0, 0.1) is 0 Å². The van der Waals surface area contributed by atoms with Gasteiger partial charge in [-0.25, -0.2) is 4.79 Å². The van der Waals surface area contributed by atoms with Crippen molar-refractivity contribution in [1.29, 1.82) is 0 Å². The van der Waals surface area contributed by atoms with Crippen LogP contribution in [-0.4, -0.2) is 55.2 Å². The molecule has 4 rings (SSSR count). The number of hydrogen-bond acceptors (Lipinski definition) is 3. The summed E-state index contributed by atoms with van der Waals surface area (Å²) < 4.78 is 5.36. The van der Waals surface area contributed by atoms with Crippen LogP contribution in [-0.2, 0) is 17.7 Å². The summed E-state index contributed by atoms with van der Waals surface area (Å²) in [6.07, 6.45) is 3.22. The Morgan fingerprint density at radius 3 is 2.79 bits per heavy atom. The number of morpholine rings is 1. The maximum absolute atomic E-state index is 12.8. The molecule has 2 fully saturated rings. The number of nitrogens with zero attached hydrogens (tertiary/aromatic N) is 2. The summed E-state index contributed by atoms with van der Waals surface area (Å²) in [4.78, 5) is 16.7. The third kappa shape index (κ3) is 3.13. The molecule has 3 heterocycles. The fourth-order valence-electron chi connectivity index (χ4n) is 4.04. The van der Waals surface area contributed by atoms with Gasteiger partial charge in [-0.3, -0.25) is 0 Å². The molecule has 3 aliphatic rings. The Balaban J connectivity index is 1.58. The van der Waals surface area contributed by atoms with Crippen molar-refractivity contribution in [3.8, 4) is 0 Å². The maximum atomic E-state index is 12.8. The van der Waals surface area contributed by atoms with Gasteiger partial charge in [0.05, 0.1) is 13.2 Å². The highest BCUT2D eigenvalue weighted by atomic mass is 35.5. The molecule has 0 bridgehead atoms. The maximum Gasteiger partial charge on any atom is 0.320 e. The van der Waals surface area contributed by atoms with Gasteiger partial charge in [-0.05, 0) is 54.6 Å². The number of urea groups is 1. The molecule has 130 valence electrons. The lowest BCUT2D eigenvalue weighted by molar-refractivity contribution is 0.0421. The van der Waals surface area contributed by atoms with Gasteiger partial charge in [0.2, 0.25) is 0 Å². The fourth-order valence-corrected chi connectivity index (χ4v) is 4.29. The lowest BCUT2D eigenvalue weighted by Gasteiger charge is -2.36. The predicted octanol–water partition coefficient (Wildman–Crippen LogP) is 2.57. The van der Waals surface area contributed by atoms with E-state index in [0.29, 0.717) is 38.9 Å². The van der Waals surface area contributed by atoms with Crippen LogP contribution in [0.4, 0.5) is 4.79 Å². The molecule has 2 amide bonds. The molecule has 1 N–H and O–H groups in total. The molecule has 0 aliphatic carbocycles. The Morgan fingerprint density at radius 2 is 2.04 bits per heavy atom. The smallest absolute Gasteiger partial charge is 0.320 e. The molecule has 24 heavy (non-hydrogen) atoms. The van der Waals surface area contributed by atoms with Crippen molar-refractivity contribution < 1.29 is 9.53 Å². The Labute approximate surface area is 147 Å². The third-order valence-corrected chi connectivity index (χ3v) is 5.55. The minimum atomic E-state index is 0.143. The van der Waals surface area contributed by atoms with Gasteiger partial charge in [0, 0.05) is 37.2 Å². The standard InChI is InChI=1S/C18H24ClN3O2/c19-14-10-13-3-5-22(18(23)21-6-8-24-9-7-21)12-16(13)15(11-14)17-2-1-4-20-17/h10-11,17,20H,1-9,12H2/t17-/m0/s1. The Bertz CT molecular complexity index is 625. The highest BCUT2D eigenvalue weighted by Gasteiger charge is 2.29. The van der Waals surface area contributed by atoms with Gasteiger partial charge < -0.3 is 19.9 Å². The van der Waals surface area contributed by atoms with Crippen LogP contribution < -0.4 is 5.32 Å². The molecule has 6 heteroatoms. The summed E-state index contributed by atoms with van der Waals surface area (Å²) in [6, 6.07) is 4.68. The number of halogens is 1. The first-order chi connectivity index (χ1) is 11.7. The molecule has 1 atom stereocenters. The normalized spacial score (nSPS) is 24.1. The average Bonchev–Trinajstić information content (AvgIpc) is 3.15. The second-order valence-corrected chi connectivity index (χ2v) is 7.27. The lowest BCUT2D eigenvalue weighted by atomic mass is 9.90. The quantitative estimate of drug-likeness (QED) is 0.847. The zero-order valence-corrected chi connectivity index (χ0v) is 14.6. The number of nitrogens with one attached hydrogen (secondary N) is 1. The van der Waals surface area contributed by atoms with Gasteiger partial charge >= 0.3 is 6.03 Å². The van der Waals surface area contributed by atoms with E-state index >= 15 is 0 Å². The molecule has 1 aromatic rings. The highest BCUT2D eigenvalue weighted by molar-refractivity contribution is 6.30. The molecule has 0 spiro atoms. The number of amides is 2. The van der Waals surface area contributed by atoms with E-state index < -0.39 is 0 Å². The molecule has 2 saturated heterocycles. The Morgan fingerprint density at radius 1 is 1.21 bits per heavy atom. The van der Waals surface area contributed by atoms with E-state index in [-0.39, 0.29) is 6.03 Å². The van der Waals surface area contributed by atoms with Crippen molar-refractivity contribution >= 4 is 17.6 Å². The van der Waals surface area contributed by atoms with Crippen LogP contribution in [0.2, 0.25) is 5.02 Å². The molecular weight excluding hydrogens is 326 g/mol. The SMILES string of the molecule is O=C(N1CCOCC1)N1CCc2cc(Cl)cc([C@@H]3CCCN3)c2C1. The van der Waals surface area contributed by atoms with E-state index in [1.165, 1.54) is 23.1 Å². The summed E-state index contributed by atoms with van der Waals surface area (Å²) in [7, 11) is 0. The molecule has 0 unspecified atom stereocenters.